The molecule has 0 bridgehead atoms. The van der Waals surface area contributed by atoms with Gasteiger partial charge in [0.05, 0.1) is 0 Å². The van der Waals surface area contributed by atoms with Crippen molar-refractivity contribution in [2.24, 2.45) is 11.8 Å². The van der Waals surface area contributed by atoms with E-state index in [2.05, 4.69) is 34.5 Å². The Morgan fingerprint density at radius 2 is 1.75 bits per heavy atom. The first-order chi connectivity index (χ1) is 13.8. The Bertz CT molecular complexity index is 948. The fraction of sp³-hybridized carbons (Fsp3) is 0.500. The minimum atomic E-state index is -0.256. The third-order valence-electron chi connectivity index (χ3n) is 6.73. The molecule has 0 saturated heterocycles. The van der Waals surface area contributed by atoms with Crippen LogP contribution in [-0.4, -0.2) is 10.2 Å². The molecule has 5 rings (SSSR count). The molecule has 1 heterocycles. The third-order valence-corrected chi connectivity index (χ3v) is 6.73. The van der Waals surface area contributed by atoms with Gasteiger partial charge in [-0.1, -0.05) is 62.4 Å². The summed E-state index contributed by atoms with van der Waals surface area (Å²) in [6, 6.07) is 14.5. The predicted octanol–water partition coefficient (Wildman–Crippen LogP) is 6.44. The molecule has 0 aliphatic heterocycles. The van der Waals surface area contributed by atoms with E-state index in [9.17, 15) is 0 Å². The van der Waals surface area contributed by atoms with Crippen LogP contribution in [-0.2, 0) is 0 Å². The number of rotatable bonds is 4. The van der Waals surface area contributed by atoms with Gasteiger partial charge in [0.15, 0.2) is 6.10 Å². The van der Waals surface area contributed by atoms with Crippen molar-refractivity contribution in [3.63, 3.8) is 0 Å². The SMILES string of the molecule is CC(Oc1ccc2ccccc2c1)c1nnc(C2CCCC3CCCCC32)o1. The van der Waals surface area contributed by atoms with E-state index in [1.54, 1.807) is 0 Å². The summed E-state index contributed by atoms with van der Waals surface area (Å²) in [6.45, 7) is 1.98. The highest BCUT2D eigenvalue weighted by atomic mass is 16.5. The van der Waals surface area contributed by atoms with Gasteiger partial charge in [-0.3, -0.25) is 0 Å². The maximum Gasteiger partial charge on any atom is 0.256 e. The number of fused-ring (bicyclic) bond motifs is 2. The molecule has 146 valence electrons. The number of benzene rings is 2. The second kappa shape index (κ2) is 7.57. The standard InChI is InChI=1S/C24H28N2O2/c1-16(27-20-14-13-17-7-2-3-9-19(17)15-20)23-25-26-24(28-23)22-12-6-10-18-8-4-5-11-21(18)22/h2-3,7,9,13-16,18,21-22H,4-6,8,10-12H2,1H3. The first-order valence-corrected chi connectivity index (χ1v) is 10.8. The second-order valence-electron chi connectivity index (χ2n) is 8.49. The first-order valence-electron chi connectivity index (χ1n) is 10.8. The zero-order valence-electron chi connectivity index (χ0n) is 16.5. The van der Waals surface area contributed by atoms with Gasteiger partial charge in [-0.25, -0.2) is 0 Å². The van der Waals surface area contributed by atoms with Crippen molar-refractivity contribution in [1.29, 1.82) is 0 Å². The van der Waals surface area contributed by atoms with Crippen LogP contribution in [0.2, 0.25) is 0 Å². The van der Waals surface area contributed by atoms with Gasteiger partial charge in [-0.05, 0) is 54.5 Å². The molecule has 4 unspecified atom stereocenters. The van der Waals surface area contributed by atoms with E-state index >= 15 is 0 Å². The molecule has 0 N–H and O–H groups in total. The summed E-state index contributed by atoms with van der Waals surface area (Å²) in [7, 11) is 0. The summed E-state index contributed by atoms with van der Waals surface area (Å²) >= 11 is 0. The Hall–Kier alpha value is -2.36. The van der Waals surface area contributed by atoms with E-state index in [-0.39, 0.29) is 6.10 Å². The summed E-state index contributed by atoms with van der Waals surface area (Å²) in [4.78, 5) is 0. The van der Waals surface area contributed by atoms with E-state index in [0.29, 0.717) is 11.8 Å². The van der Waals surface area contributed by atoms with Crippen LogP contribution in [0.5, 0.6) is 5.75 Å². The van der Waals surface area contributed by atoms with Crippen molar-refractivity contribution in [1.82, 2.24) is 10.2 Å². The lowest BCUT2D eigenvalue weighted by Gasteiger charge is -2.39. The molecule has 2 fully saturated rings. The molecule has 0 spiro atoms. The fourth-order valence-electron chi connectivity index (χ4n) is 5.30. The van der Waals surface area contributed by atoms with Crippen LogP contribution < -0.4 is 4.74 Å². The second-order valence-corrected chi connectivity index (χ2v) is 8.49. The van der Waals surface area contributed by atoms with Crippen molar-refractivity contribution in [2.45, 2.75) is 63.9 Å². The molecule has 4 nitrogen and oxygen atoms in total. The highest BCUT2D eigenvalue weighted by molar-refractivity contribution is 5.83. The Kier molecular flexibility index (Phi) is 4.79. The van der Waals surface area contributed by atoms with E-state index < -0.39 is 0 Å². The maximum absolute atomic E-state index is 6.15. The topological polar surface area (TPSA) is 48.2 Å². The Labute approximate surface area is 166 Å². The lowest BCUT2D eigenvalue weighted by molar-refractivity contribution is 0.124. The highest BCUT2D eigenvalue weighted by Gasteiger charge is 2.38. The number of nitrogens with zero attached hydrogens (tertiary/aromatic N) is 2. The van der Waals surface area contributed by atoms with E-state index in [1.165, 1.54) is 55.7 Å². The van der Waals surface area contributed by atoms with Crippen molar-refractivity contribution in [3.8, 4) is 5.75 Å². The van der Waals surface area contributed by atoms with Crippen molar-refractivity contribution < 1.29 is 9.15 Å². The molecule has 2 aliphatic carbocycles. The molecule has 2 saturated carbocycles. The number of hydrogen-bond acceptors (Lipinski definition) is 4. The minimum Gasteiger partial charge on any atom is -0.481 e. The van der Waals surface area contributed by atoms with Crippen molar-refractivity contribution in [3.05, 3.63) is 54.2 Å². The predicted molar refractivity (Wildman–Crippen MR) is 109 cm³/mol. The van der Waals surface area contributed by atoms with Crippen molar-refractivity contribution >= 4 is 10.8 Å². The quantitative estimate of drug-likeness (QED) is 0.526. The Morgan fingerprint density at radius 1 is 0.929 bits per heavy atom. The lowest BCUT2D eigenvalue weighted by Crippen LogP contribution is -2.29. The molecule has 1 aromatic heterocycles. The molecule has 3 aromatic rings. The molecule has 4 heteroatoms. The van der Waals surface area contributed by atoms with Crippen LogP contribution in [0.1, 0.15) is 75.7 Å². The monoisotopic (exact) mass is 376 g/mol. The zero-order chi connectivity index (χ0) is 18.9. The lowest BCUT2D eigenvalue weighted by atomic mass is 9.65. The third kappa shape index (κ3) is 3.41. The molecule has 0 amide bonds. The molecule has 2 aliphatic rings. The van der Waals surface area contributed by atoms with Gasteiger partial charge in [-0.2, -0.15) is 0 Å². The molecule has 0 radical (unpaired) electrons. The normalized spacial score (nSPS) is 26.0. The van der Waals surface area contributed by atoms with Crippen LogP contribution in [0.3, 0.4) is 0 Å². The van der Waals surface area contributed by atoms with Crippen LogP contribution in [0.15, 0.2) is 46.9 Å². The molecule has 4 atom stereocenters. The van der Waals surface area contributed by atoms with Gasteiger partial charge in [0.1, 0.15) is 5.75 Å². The smallest absolute Gasteiger partial charge is 0.256 e. The van der Waals surface area contributed by atoms with E-state index in [0.717, 1.165) is 23.5 Å². The molecular formula is C24H28N2O2. The van der Waals surface area contributed by atoms with Gasteiger partial charge >= 0.3 is 0 Å². The molecule has 2 aromatic carbocycles. The Morgan fingerprint density at radius 3 is 2.68 bits per heavy atom. The Balaban J connectivity index is 1.32. The van der Waals surface area contributed by atoms with Gasteiger partial charge in [0, 0.05) is 5.92 Å². The summed E-state index contributed by atoms with van der Waals surface area (Å²) in [6.07, 6.45) is 9.02. The number of ether oxygens (including phenoxy) is 1. The van der Waals surface area contributed by atoms with Crippen molar-refractivity contribution in [2.75, 3.05) is 0 Å². The van der Waals surface area contributed by atoms with E-state index in [4.69, 9.17) is 9.15 Å². The first kappa shape index (κ1) is 17.7. The van der Waals surface area contributed by atoms with Crippen LogP contribution in [0.4, 0.5) is 0 Å². The van der Waals surface area contributed by atoms with E-state index in [1.807, 2.05) is 25.1 Å². The average molecular weight is 377 g/mol. The summed E-state index contributed by atoms with van der Waals surface area (Å²) in [5, 5.41) is 11.2. The molecule has 28 heavy (non-hydrogen) atoms. The fourth-order valence-corrected chi connectivity index (χ4v) is 5.30. The molecular weight excluding hydrogens is 348 g/mol. The van der Waals surface area contributed by atoms with Gasteiger partial charge < -0.3 is 9.15 Å². The number of hydrogen-bond donors (Lipinski definition) is 0. The van der Waals surface area contributed by atoms with Crippen LogP contribution in [0.25, 0.3) is 10.8 Å². The number of aromatic nitrogens is 2. The maximum atomic E-state index is 6.15. The summed E-state index contributed by atoms with van der Waals surface area (Å²) in [5.41, 5.74) is 0. The summed E-state index contributed by atoms with van der Waals surface area (Å²) < 4.78 is 12.3. The summed E-state index contributed by atoms with van der Waals surface area (Å²) in [5.74, 6) is 4.27. The van der Waals surface area contributed by atoms with Crippen LogP contribution in [0, 0.1) is 11.8 Å². The minimum absolute atomic E-state index is 0.256. The highest BCUT2D eigenvalue weighted by Crippen LogP contribution is 2.48. The van der Waals surface area contributed by atoms with Crippen LogP contribution >= 0.6 is 0 Å². The average Bonchev–Trinajstić information content (AvgIpc) is 3.23. The van der Waals surface area contributed by atoms with Gasteiger partial charge in [0.25, 0.3) is 5.89 Å². The van der Waals surface area contributed by atoms with Gasteiger partial charge in [-0.15, -0.1) is 10.2 Å². The zero-order valence-corrected chi connectivity index (χ0v) is 16.5. The van der Waals surface area contributed by atoms with Gasteiger partial charge in [0.2, 0.25) is 5.89 Å². The largest absolute Gasteiger partial charge is 0.481 e.